The number of hydrogen-bond acceptors (Lipinski definition) is 3. The molecule has 3 amide bonds. The normalized spacial score (nSPS) is 17.6. The lowest BCUT2D eigenvalue weighted by molar-refractivity contribution is -0.131. The molecule has 1 aliphatic rings. The van der Waals surface area contributed by atoms with Gasteiger partial charge in [0.1, 0.15) is 0 Å². The standard InChI is InChI=1S/C20H32N4O2/c1-22(2)20(26)21-15-19(25)23(3)18-12-8-14-24(16-18)13-7-11-17-9-5-4-6-10-17/h4-6,9-10,18H,7-8,11-16H2,1-3H3,(H,21,26). The van der Waals surface area contributed by atoms with Gasteiger partial charge in [-0.15, -0.1) is 0 Å². The molecule has 1 aromatic rings. The second kappa shape index (κ2) is 10.2. The zero-order valence-electron chi connectivity index (χ0n) is 16.3. The molecule has 0 radical (unpaired) electrons. The number of carbonyl (C=O) groups is 2. The molecule has 0 bridgehead atoms. The van der Waals surface area contributed by atoms with E-state index in [2.05, 4.69) is 34.5 Å². The lowest BCUT2D eigenvalue weighted by Crippen LogP contribution is -2.51. The second-order valence-electron chi connectivity index (χ2n) is 7.24. The highest BCUT2D eigenvalue weighted by molar-refractivity contribution is 5.83. The molecule has 2 rings (SSSR count). The number of aryl methyl sites for hydroxylation is 1. The number of carbonyl (C=O) groups excluding carboxylic acids is 2. The topological polar surface area (TPSA) is 55.9 Å². The number of likely N-dealkylation sites (N-methyl/N-ethyl adjacent to an activating group) is 1. The van der Waals surface area contributed by atoms with E-state index in [0.29, 0.717) is 0 Å². The number of nitrogens with zero attached hydrogens (tertiary/aromatic N) is 3. The molecule has 26 heavy (non-hydrogen) atoms. The summed E-state index contributed by atoms with van der Waals surface area (Å²) in [6, 6.07) is 10.6. The van der Waals surface area contributed by atoms with Crippen LogP contribution < -0.4 is 5.32 Å². The molecule has 1 aromatic carbocycles. The zero-order chi connectivity index (χ0) is 18.9. The summed E-state index contributed by atoms with van der Waals surface area (Å²) in [6.07, 6.45) is 4.36. The van der Waals surface area contributed by atoms with E-state index in [0.717, 1.165) is 45.3 Å². The number of likely N-dealkylation sites (tertiary alicyclic amines) is 1. The number of piperidine rings is 1. The number of rotatable bonds is 7. The Bertz CT molecular complexity index is 576. The van der Waals surface area contributed by atoms with Gasteiger partial charge in [0.15, 0.2) is 0 Å². The lowest BCUT2D eigenvalue weighted by atomic mass is 10.0. The summed E-state index contributed by atoms with van der Waals surface area (Å²) < 4.78 is 0. The zero-order valence-corrected chi connectivity index (χ0v) is 16.3. The smallest absolute Gasteiger partial charge is 0.317 e. The van der Waals surface area contributed by atoms with Crippen LogP contribution in [0.2, 0.25) is 0 Å². The molecule has 0 aromatic heterocycles. The van der Waals surface area contributed by atoms with Crippen LogP contribution in [0.3, 0.4) is 0 Å². The van der Waals surface area contributed by atoms with Crippen molar-refractivity contribution in [2.24, 2.45) is 0 Å². The largest absolute Gasteiger partial charge is 0.340 e. The minimum atomic E-state index is -0.238. The Morgan fingerprint density at radius 2 is 1.92 bits per heavy atom. The van der Waals surface area contributed by atoms with E-state index in [9.17, 15) is 9.59 Å². The molecule has 6 heteroatoms. The molecule has 1 heterocycles. The maximum atomic E-state index is 12.3. The third kappa shape index (κ3) is 6.33. The van der Waals surface area contributed by atoms with Crippen molar-refractivity contribution in [2.45, 2.75) is 31.7 Å². The van der Waals surface area contributed by atoms with Crippen molar-refractivity contribution in [3.63, 3.8) is 0 Å². The number of amides is 3. The van der Waals surface area contributed by atoms with Gasteiger partial charge in [0.05, 0.1) is 6.54 Å². The Morgan fingerprint density at radius 1 is 1.19 bits per heavy atom. The van der Waals surface area contributed by atoms with Crippen molar-refractivity contribution in [1.29, 1.82) is 0 Å². The SMILES string of the molecule is CN(C)C(=O)NCC(=O)N(C)C1CCCN(CCCc2ccccc2)C1. The second-order valence-corrected chi connectivity index (χ2v) is 7.24. The molecule has 1 aliphatic heterocycles. The van der Waals surface area contributed by atoms with E-state index < -0.39 is 0 Å². The van der Waals surface area contributed by atoms with Gasteiger partial charge >= 0.3 is 6.03 Å². The fourth-order valence-electron chi connectivity index (χ4n) is 3.34. The van der Waals surface area contributed by atoms with E-state index in [4.69, 9.17) is 0 Å². The third-order valence-corrected chi connectivity index (χ3v) is 5.00. The van der Waals surface area contributed by atoms with Gasteiger partial charge in [0.2, 0.25) is 5.91 Å². The first-order valence-corrected chi connectivity index (χ1v) is 9.44. The first kappa shape index (κ1) is 20.2. The summed E-state index contributed by atoms with van der Waals surface area (Å²) in [5.41, 5.74) is 1.38. The average Bonchev–Trinajstić information content (AvgIpc) is 2.66. The minimum absolute atomic E-state index is 0.0312. The van der Waals surface area contributed by atoms with Crippen LogP contribution in [-0.4, -0.2) is 80.0 Å². The van der Waals surface area contributed by atoms with Crippen LogP contribution in [-0.2, 0) is 11.2 Å². The molecule has 0 spiro atoms. The summed E-state index contributed by atoms with van der Waals surface area (Å²) in [5, 5.41) is 2.65. The molecule has 1 atom stereocenters. The predicted octanol–water partition coefficient (Wildman–Crippen LogP) is 1.81. The Morgan fingerprint density at radius 3 is 2.62 bits per heavy atom. The summed E-state index contributed by atoms with van der Waals surface area (Å²) in [5.74, 6) is -0.0312. The van der Waals surface area contributed by atoms with Gasteiger partial charge in [-0.25, -0.2) is 4.79 Å². The van der Waals surface area contributed by atoms with E-state index in [1.165, 1.54) is 10.5 Å². The Balaban J connectivity index is 1.74. The van der Waals surface area contributed by atoms with Crippen LogP contribution in [0.5, 0.6) is 0 Å². The molecule has 0 aliphatic carbocycles. The van der Waals surface area contributed by atoms with Gasteiger partial charge in [-0.05, 0) is 44.3 Å². The number of hydrogen-bond donors (Lipinski definition) is 1. The molecule has 1 saturated heterocycles. The van der Waals surface area contributed by atoms with E-state index in [1.54, 1.807) is 19.0 Å². The van der Waals surface area contributed by atoms with Gasteiger partial charge in [-0.2, -0.15) is 0 Å². The highest BCUT2D eigenvalue weighted by atomic mass is 16.2. The Labute approximate surface area is 157 Å². The van der Waals surface area contributed by atoms with Crippen molar-refractivity contribution in [3.05, 3.63) is 35.9 Å². The fraction of sp³-hybridized carbons (Fsp3) is 0.600. The van der Waals surface area contributed by atoms with Gasteiger partial charge in [0, 0.05) is 33.7 Å². The van der Waals surface area contributed by atoms with Crippen molar-refractivity contribution in [1.82, 2.24) is 20.0 Å². The van der Waals surface area contributed by atoms with Gasteiger partial charge in [-0.1, -0.05) is 30.3 Å². The predicted molar refractivity (Wildman–Crippen MR) is 104 cm³/mol. The molecular formula is C20H32N4O2. The molecule has 1 unspecified atom stereocenters. The summed E-state index contributed by atoms with van der Waals surface area (Å²) in [4.78, 5) is 29.6. The Kier molecular flexibility index (Phi) is 7.91. The van der Waals surface area contributed by atoms with Crippen LogP contribution in [0.15, 0.2) is 30.3 Å². The summed E-state index contributed by atoms with van der Waals surface area (Å²) >= 11 is 0. The van der Waals surface area contributed by atoms with Crippen molar-refractivity contribution >= 4 is 11.9 Å². The van der Waals surface area contributed by atoms with Crippen LogP contribution in [0, 0.1) is 0 Å². The monoisotopic (exact) mass is 360 g/mol. The van der Waals surface area contributed by atoms with Gasteiger partial charge in [-0.3, -0.25) is 4.79 Å². The fourth-order valence-corrected chi connectivity index (χ4v) is 3.34. The van der Waals surface area contributed by atoms with Crippen molar-refractivity contribution in [3.8, 4) is 0 Å². The van der Waals surface area contributed by atoms with Crippen LogP contribution in [0.25, 0.3) is 0 Å². The van der Waals surface area contributed by atoms with E-state index >= 15 is 0 Å². The van der Waals surface area contributed by atoms with Crippen LogP contribution in [0.4, 0.5) is 4.79 Å². The van der Waals surface area contributed by atoms with Gasteiger partial charge in [0.25, 0.3) is 0 Å². The first-order valence-electron chi connectivity index (χ1n) is 9.44. The van der Waals surface area contributed by atoms with E-state index in [1.807, 2.05) is 13.1 Å². The first-order chi connectivity index (χ1) is 12.5. The Hall–Kier alpha value is -2.08. The highest BCUT2D eigenvalue weighted by Gasteiger charge is 2.26. The van der Waals surface area contributed by atoms with Crippen LogP contribution >= 0.6 is 0 Å². The van der Waals surface area contributed by atoms with Crippen molar-refractivity contribution < 1.29 is 9.59 Å². The minimum Gasteiger partial charge on any atom is -0.340 e. The maximum Gasteiger partial charge on any atom is 0.317 e. The third-order valence-electron chi connectivity index (χ3n) is 5.00. The molecular weight excluding hydrogens is 328 g/mol. The average molecular weight is 361 g/mol. The maximum absolute atomic E-state index is 12.3. The summed E-state index contributed by atoms with van der Waals surface area (Å²) in [6.45, 7) is 3.13. The van der Waals surface area contributed by atoms with E-state index in [-0.39, 0.29) is 24.5 Å². The number of urea groups is 1. The quantitative estimate of drug-likeness (QED) is 0.807. The molecule has 144 valence electrons. The molecule has 1 N–H and O–H groups in total. The van der Waals surface area contributed by atoms with Crippen LogP contribution in [0.1, 0.15) is 24.8 Å². The molecule has 6 nitrogen and oxygen atoms in total. The summed E-state index contributed by atoms with van der Waals surface area (Å²) in [7, 11) is 5.18. The number of nitrogens with one attached hydrogen (secondary N) is 1. The molecule has 1 fully saturated rings. The lowest BCUT2D eigenvalue weighted by Gasteiger charge is -2.37. The van der Waals surface area contributed by atoms with Crippen molar-refractivity contribution in [2.75, 3.05) is 47.3 Å². The van der Waals surface area contributed by atoms with Gasteiger partial charge < -0.3 is 20.0 Å². The molecule has 0 saturated carbocycles. The number of benzene rings is 1. The highest BCUT2D eigenvalue weighted by Crippen LogP contribution is 2.16.